The summed E-state index contributed by atoms with van der Waals surface area (Å²) in [4.78, 5) is 0. The van der Waals surface area contributed by atoms with Gasteiger partial charge in [0.2, 0.25) is 0 Å². The lowest BCUT2D eigenvalue weighted by Gasteiger charge is -2.24. The summed E-state index contributed by atoms with van der Waals surface area (Å²) in [5.41, 5.74) is 2.52. The molecule has 0 saturated carbocycles. The van der Waals surface area contributed by atoms with Gasteiger partial charge in [0.1, 0.15) is 12.4 Å². The zero-order chi connectivity index (χ0) is 14.4. The van der Waals surface area contributed by atoms with E-state index in [4.69, 9.17) is 9.47 Å². The lowest BCUT2D eigenvalue weighted by Crippen LogP contribution is -2.41. The van der Waals surface area contributed by atoms with Gasteiger partial charge in [-0.05, 0) is 50.4 Å². The van der Waals surface area contributed by atoms with E-state index in [9.17, 15) is 0 Å². The van der Waals surface area contributed by atoms with Crippen molar-refractivity contribution in [2.45, 2.75) is 39.7 Å². The summed E-state index contributed by atoms with van der Waals surface area (Å²) >= 11 is 0. The Balaban J connectivity index is 1.95. The molecule has 2 unspecified atom stereocenters. The van der Waals surface area contributed by atoms with Crippen molar-refractivity contribution in [1.82, 2.24) is 5.32 Å². The monoisotopic (exact) mass is 277 g/mol. The first kappa shape index (κ1) is 15.3. The number of rotatable bonds is 7. The minimum atomic E-state index is 0.386. The highest BCUT2D eigenvalue weighted by atomic mass is 16.5. The Kier molecular flexibility index (Phi) is 5.86. The Hall–Kier alpha value is -1.06. The molecule has 0 bridgehead atoms. The summed E-state index contributed by atoms with van der Waals surface area (Å²) < 4.78 is 11.6. The topological polar surface area (TPSA) is 30.5 Å². The summed E-state index contributed by atoms with van der Waals surface area (Å²) in [7, 11) is 0. The van der Waals surface area contributed by atoms with E-state index in [1.807, 2.05) is 0 Å². The van der Waals surface area contributed by atoms with Crippen LogP contribution in [-0.2, 0) is 4.74 Å². The van der Waals surface area contributed by atoms with Gasteiger partial charge in [0, 0.05) is 18.6 Å². The highest BCUT2D eigenvalue weighted by molar-refractivity contribution is 5.38. The maximum atomic E-state index is 6.07. The van der Waals surface area contributed by atoms with Crippen molar-refractivity contribution in [1.29, 1.82) is 0 Å². The van der Waals surface area contributed by atoms with Crippen molar-refractivity contribution in [3.8, 4) is 5.75 Å². The van der Waals surface area contributed by atoms with Gasteiger partial charge < -0.3 is 14.8 Å². The molecule has 0 aliphatic carbocycles. The summed E-state index contributed by atoms with van der Waals surface area (Å²) in [5, 5.41) is 3.61. The molecule has 1 saturated heterocycles. The van der Waals surface area contributed by atoms with Crippen LogP contribution in [-0.4, -0.2) is 32.4 Å². The number of nitrogens with one attached hydrogen (secondary N) is 1. The second-order valence-electron chi connectivity index (χ2n) is 5.69. The van der Waals surface area contributed by atoms with E-state index in [-0.39, 0.29) is 0 Å². The van der Waals surface area contributed by atoms with Crippen LogP contribution in [0.4, 0.5) is 0 Å². The molecule has 0 spiro atoms. The third-order valence-corrected chi connectivity index (χ3v) is 4.16. The molecular weight excluding hydrogens is 250 g/mol. The average molecular weight is 277 g/mol. The molecule has 3 heteroatoms. The molecule has 1 aromatic rings. The van der Waals surface area contributed by atoms with Gasteiger partial charge in [-0.3, -0.25) is 0 Å². The van der Waals surface area contributed by atoms with Crippen molar-refractivity contribution in [2.24, 2.45) is 5.92 Å². The van der Waals surface area contributed by atoms with Gasteiger partial charge in [-0.1, -0.05) is 19.1 Å². The molecule has 1 aliphatic heterocycles. The van der Waals surface area contributed by atoms with Crippen LogP contribution >= 0.6 is 0 Å². The van der Waals surface area contributed by atoms with Crippen molar-refractivity contribution in [3.63, 3.8) is 0 Å². The summed E-state index contributed by atoms with van der Waals surface area (Å²) in [6.45, 7) is 9.95. The lowest BCUT2D eigenvalue weighted by atomic mass is 9.99. The van der Waals surface area contributed by atoms with Crippen molar-refractivity contribution in [3.05, 3.63) is 29.3 Å². The van der Waals surface area contributed by atoms with E-state index in [0.717, 1.165) is 45.0 Å². The molecule has 20 heavy (non-hydrogen) atoms. The van der Waals surface area contributed by atoms with E-state index >= 15 is 0 Å². The van der Waals surface area contributed by atoms with Gasteiger partial charge in [0.05, 0.1) is 6.61 Å². The minimum absolute atomic E-state index is 0.386. The Morgan fingerprint density at radius 2 is 2.25 bits per heavy atom. The molecule has 1 heterocycles. The minimum Gasteiger partial charge on any atom is -0.492 e. The van der Waals surface area contributed by atoms with Crippen LogP contribution in [0.1, 0.15) is 30.9 Å². The van der Waals surface area contributed by atoms with Crippen molar-refractivity contribution < 1.29 is 9.47 Å². The fourth-order valence-electron chi connectivity index (χ4n) is 2.62. The van der Waals surface area contributed by atoms with Gasteiger partial charge in [-0.25, -0.2) is 0 Å². The number of hydrogen-bond donors (Lipinski definition) is 1. The van der Waals surface area contributed by atoms with Crippen LogP contribution in [0.25, 0.3) is 0 Å². The summed E-state index contributed by atoms with van der Waals surface area (Å²) in [5.74, 6) is 1.58. The highest BCUT2D eigenvalue weighted by Gasteiger charge is 2.25. The fourth-order valence-corrected chi connectivity index (χ4v) is 2.62. The van der Waals surface area contributed by atoms with Crippen molar-refractivity contribution in [2.75, 3.05) is 26.4 Å². The first-order chi connectivity index (χ1) is 9.72. The molecule has 0 aromatic heterocycles. The SMILES string of the molecule is CCCNC(COc1cccc(C)c1C)C1CCOC1. The molecule has 3 nitrogen and oxygen atoms in total. The second kappa shape index (κ2) is 7.65. The number of hydrogen-bond acceptors (Lipinski definition) is 3. The largest absolute Gasteiger partial charge is 0.492 e. The Labute approximate surface area is 122 Å². The Morgan fingerprint density at radius 3 is 2.95 bits per heavy atom. The number of benzene rings is 1. The number of aryl methyl sites for hydroxylation is 1. The molecule has 1 N–H and O–H groups in total. The second-order valence-corrected chi connectivity index (χ2v) is 5.69. The molecule has 2 rings (SSSR count). The Bertz CT molecular complexity index is 413. The lowest BCUT2D eigenvalue weighted by molar-refractivity contribution is 0.160. The maximum Gasteiger partial charge on any atom is 0.122 e. The van der Waals surface area contributed by atoms with E-state index in [2.05, 4.69) is 44.3 Å². The van der Waals surface area contributed by atoms with Gasteiger partial charge >= 0.3 is 0 Å². The molecule has 0 amide bonds. The fraction of sp³-hybridized carbons (Fsp3) is 0.647. The van der Waals surface area contributed by atoms with E-state index < -0.39 is 0 Å². The first-order valence-electron chi connectivity index (χ1n) is 7.72. The predicted octanol–water partition coefficient (Wildman–Crippen LogP) is 3.09. The number of ether oxygens (including phenoxy) is 2. The van der Waals surface area contributed by atoms with Crippen LogP contribution in [0, 0.1) is 19.8 Å². The van der Waals surface area contributed by atoms with E-state index in [1.165, 1.54) is 11.1 Å². The van der Waals surface area contributed by atoms with Crippen LogP contribution in [0.15, 0.2) is 18.2 Å². The maximum absolute atomic E-state index is 6.07. The summed E-state index contributed by atoms with van der Waals surface area (Å²) in [6.07, 6.45) is 2.28. The van der Waals surface area contributed by atoms with Gasteiger partial charge in [0.15, 0.2) is 0 Å². The van der Waals surface area contributed by atoms with Crippen LogP contribution < -0.4 is 10.1 Å². The van der Waals surface area contributed by atoms with Crippen molar-refractivity contribution >= 4 is 0 Å². The predicted molar refractivity (Wildman–Crippen MR) is 82.4 cm³/mol. The zero-order valence-electron chi connectivity index (χ0n) is 12.9. The third kappa shape index (κ3) is 3.97. The van der Waals surface area contributed by atoms with Gasteiger partial charge in [0.25, 0.3) is 0 Å². The molecule has 1 aliphatic rings. The van der Waals surface area contributed by atoms with Gasteiger partial charge in [-0.15, -0.1) is 0 Å². The molecule has 1 fully saturated rings. The average Bonchev–Trinajstić information content (AvgIpc) is 2.97. The van der Waals surface area contributed by atoms with E-state index in [1.54, 1.807) is 0 Å². The molecule has 2 atom stereocenters. The van der Waals surface area contributed by atoms with E-state index in [0.29, 0.717) is 12.0 Å². The van der Waals surface area contributed by atoms with Crippen LogP contribution in [0.2, 0.25) is 0 Å². The normalized spacial score (nSPS) is 20.1. The molecule has 112 valence electrons. The third-order valence-electron chi connectivity index (χ3n) is 4.16. The van der Waals surface area contributed by atoms with Gasteiger partial charge in [-0.2, -0.15) is 0 Å². The molecule has 1 aromatic carbocycles. The quantitative estimate of drug-likeness (QED) is 0.831. The standard InChI is InChI=1S/C17H27NO2/c1-4-9-18-16(15-8-10-19-11-15)12-20-17-7-5-6-13(2)14(17)3/h5-7,15-16,18H,4,8-12H2,1-3H3. The Morgan fingerprint density at radius 1 is 1.40 bits per heavy atom. The smallest absolute Gasteiger partial charge is 0.122 e. The van der Waals surface area contributed by atoms with Crippen LogP contribution in [0.5, 0.6) is 5.75 Å². The molecular formula is C17H27NO2. The molecule has 0 radical (unpaired) electrons. The zero-order valence-corrected chi connectivity index (χ0v) is 12.9. The highest BCUT2D eigenvalue weighted by Crippen LogP contribution is 2.22. The first-order valence-corrected chi connectivity index (χ1v) is 7.72. The summed E-state index contributed by atoms with van der Waals surface area (Å²) in [6, 6.07) is 6.63. The van der Waals surface area contributed by atoms with Crippen LogP contribution in [0.3, 0.4) is 0 Å².